The Labute approximate surface area is 150 Å². The van der Waals surface area contributed by atoms with Gasteiger partial charge in [-0.25, -0.2) is 0 Å². The van der Waals surface area contributed by atoms with Gasteiger partial charge in [-0.3, -0.25) is 9.59 Å². The second-order valence-corrected chi connectivity index (χ2v) is 7.85. The summed E-state index contributed by atoms with van der Waals surface area (Å²) < 4.78 is 0.699. The van der Waals surface area contributed by atoms with Crippen LogP contribution in [0.5, 0.6) is 0 Å². The molecular weight excluding hydrogens is 346 g/mol. The molecule has 7 heteroatoms. The van der Waals surface area contributed by atoms with Gasteiger partial charge in [0.15, 0.2) is 0 Å². The smallest absolute Gasteiger partial charge is 0.255 e. The first-order chi connectivity index (χ1) is 11.4. The Morgan fingerprint density at radius 3 is 2.38 bits per heavy atom. The average molecular weight is 366 g/mol. The molecule has 1 saturated heterocycles. The van der Waals surface area contributed by atoms with Crippen molar-refractivity contribution in [2.45, 2.75) is 20.3 Å². The van der Waals surface area contributed by atoms with E-state index in [1.54, 1.807) is 0 Å². The Morgan fingerprint density at radius 2 is 1.83 bits per heavy atom. The number of carbonyl (C=O) groups is 2. The molecule has 2 aromatic rings. The van der Waals surface area contributed by atoms with Crippen LogP contribution in [0.1, 0.15) is 26.6 Å². The predicted molar refractivity (Wildman–Crippen MR) is 95.8 cm³/mol. The number of H-pyrrole nitrogens is 1. The van der Waals surface area contributed by atoms with E-state index < -0.39 is 0 Å². The zero-order chi connectivity index (χ0) is 17.3. The monoisotopic (exact) mass is 365 g/mol. The predicted octanol–water partition coefficient (Wildman–Crippen LogP) is 2.87. The molecule has 128 valence electrons. The van der Waals surface area contributed by atoms with Crippen LogP contribution < -0.4 is 0 Å². The standard InChI is InChI=1S/C17H20ClN3O2S/c1-11-9-14(12(2)19-11)17(23)21-7-5-20(6-8-21)16(22)10-13-3-4-15(18)24-13/h3-4,9,19H,5-8,10H2,1-2H3. The third kappa shape index (κ3) is 3.65. The van der Waals surface area contributed by atoms with Crippen molar-refractivity contribution < 1.29 is 9.59 Å². The van der Waals surface area contributed by atoms with Gasteiger partial charge in [-0.05, 0) is 32.0 Å². The lowest BCUT2D eigenvalue weighted by atomic mass is 10.2. The van der Waals surface area contributed by atoms with Crippen molar-refractivity contribution in [1.82, 2.24) is 14.8 Å². The lowest BCUT2D eigenvalue weighted by molar-refractivity contribution is -0.131. The first kappa shape index (κ1) is 17.0. The highest BCUT2D eigenvalue weighted by atomic mass is 35.5. The van der Waals surface area contributed by atoms with Crippen LogP contribution in [0.25, 0.3) is 0 Å². The van der Waals surface area contributed by atoms with Gasteiger partial charge < -0.3 is 14.8 Å². The molecule has 1 aliphatic heterocycles. The molecule has 0 bridgehead atoms. The highest BCUT2D eigenvalue weighted by Gasteiger charge is 2.26. The molecule has 1 aliphatic rings. The van der Waals surface area contributed by atoms with Gasteiger partial charge in [-0.2, -0.15) is 0 Å². The molecule has 1 fully saturated rings. The Balaban J connectivity index is 1.56. The fourth-order valence-corrected chi connectivity index (χ4v) is 4.06. The number of carbonyl (C=O) groups excluding carboxylic acids is 2. The van der Waals surface area contributed by atoms with Crippen LogP contribution in [0.15, 0.2) is 18.2 Å². The van der Waals surface area contributed by atoms with Crippen molar-refractivity contribution in [3.05, 3.63) is 44.4 Å². The van der Waals surface area contributed by atoms with E-state index in [-0.39, 0.29) is 11.8 Å². The highest BCUT2D eigenvalue weighted by Crippen LogP contribution is 2.22. The molecule has 0 radical (unpaired) electrons. The quantitative estimate of drug-likeness (QED) is 0.909. The number of rotatable bonds is 3. The Hall–Kier alpha value is -1.79. The SMILES string of the molecule is Cc1cc(C(=O)N2CCN(C(=O)Cc3ccc(Cl)s3)CC2)c(C)[nH]1. The van der Waals surface area contributed by atoms with Crippen LogP contribution >= 0.6 is 22.9 Å². The topological polar surface area (TPSA) is 56.4 Å². The molecule has 24 heavy (non-hydrogen) atoms. The number of halogens is 1. The molecule has 2 aromatic heterocycles. The molecule has 3 rings (SSSR count). The van der Waals surface area contributed by atoms with Crippen LogP contribution in [0.4, 0.5) is 0 Å². The maximum absolute atomic E-state index is 12.6. The number of nitrogens with zero attached hydrogens (tertiary/aromatic N) is 2. The van der Waals surface area contributed by atoms with Crippen LogP contribution in [0.2, 0.25) is 4.34 Å². The lowest BCUT2D eigenvalue weighted by Crippen LogP contribution is -2.51. The first-order valence-corrected chi connectivity index (χ1v) is 9.11. The van der Waals surface area contributed by atoms with Crippen molar-refractivity contribution >= 4 is 34.8 Å². The summed E-state index contributed by atoms with van der Waals surface area (Å²) in [5, 5.41) is 0. The fraction of sp³-hybridized carbons (Fsp3) is 0.412. The zero-order valence-electron chi connectivity index (χ0n) is 13.8. The van der Waals surface area contributed by atoms with E-state index in [1.807, 2.05) is 41.8 Å². The molecule has 0 spiro atoms. The highest BCUT2D eigenvalue weighted by molar-refractivity contribution is 7.16. The number of hydrogen-bond acceptors (Lipinski definition) is 3. The van der Waals surface area contributed by atoms with Crippen molar-refractivity contribution in [2.24, 2.45) is 0 Å². The molecule has 0 aliphatic carbocycles. The van der Waals surface area contributed by atoms with E-state index in [1.165, 1.54) is 11.3 Å². The van der Waals surface area contributed by atoms with E-state index in [0.717, 1.165) is 21.8 Å². The van der Waals surface area contributed by atoms with Crippen LogP contribution in [0.3, 0.4) is 0 Å². The normalized spacial score (nSPS) is 15.0. The van der Waals surface area contributed by atoms with E-state index in [0.29, 0.717) is 36.9 Å². The Kier molecular flexibility index (Phi) is 4.96. The van der Waals surface area contributed by atoms with Gasteiger partial charge in [-0.15, -0.1) is 11.3 Å². The maximum atomic E-state index is 12.6. The Morgan fingerprint density at radius 1 is 1.17 bits per heavy atom. The minimum absolute atomic E-state index is 0.0361. The number of aromatic nitrogens is 1. The second kappa shape index (κ2) is 6.99. The molecule has 0 saturated carbocycles. The summed E-state index contributed by atoms with van der Waals surface area (Å²) >= 11 is 7.34. The summed E-state index contributed by atoms with van der Waals surface area (Å²) in [7, 11) is 0. The molecule has 3 heterocycles. The van der Waals surface area contributed by atoms with Crippen molar-refractivity contribution in [2.75, 3.05) is 26.2 Å². The van der Waals surface area contributed by atoms with Gasteiger partial charge in [0.25, 0.3) is 5.91 Å². The summed E-state index contributed by atoms with van der Waals surface area (Å²) in [6.45, 7) is 6.14. The average Bonchev–Trinajstić information content (AvgIpc) is 3.11. The van der Waals surface area contributed by atoms with E-state index in [2.05, 4.69) is 4.98 Å². The van der Waals surface area contributed by atoms with E-state index in [4.69, 9.17) is 11.6 Å². The first-order valence-electron chi connectivity index (χ1n) is 7.91. The van der Waals surface area contributed by atoms with E-state index >= 15 is 0 Å². The van der Waals surface area contributed by atoms with Gasteiger partial charge in [0.2, 0.25) is 5.91 Å². The lowest BCUT2D eigenvalue weighted by Gasteiger charge is -2.34. The van der Waals surface area contributed by atoms with E-state index in [9.17, 15) is 9.59 Å². The fourth-order valence-electron chi connectivity index (χ4n) is 2.98. The van der Waals surface area contributed by atoms with Gasteiger partial charge >= 0.3 is 0 Å². The van der Waals surface area contributed by atoms with Gasteiger partial charge in [0, 0.05) is 42.4 Å². The Bertz CT molecular complexity index is 760. The zero-order valence-corrected chi connectivity index (χ0v) is 15.3. The maximum Gasteiger partial charge on any atom is 0.255 e. The van der Waals surface area contributed by atoms with Crippen LogP contribution in [-0.2, 0) is 11.2 Å². The van der Waals surface area contributed by atoms with Crippen LogP contribution in [-0.4, -0.2) is 52.8 Å². The summed E-state index contributed by atoms with van der Waals surface area (Å²) in [6, 6.07) is 5.59. The number of thiophene rings is 1. The number of aryl methyl sites for hydroxylation is 2. The second-order valence-electron chi connectivity index (χ2n) is 6.05. The molecule has 1 N–H and O–H groups in total. The molecule has 2 amide bonds. The van der Waals surface area contributed by atoms with Crippen LogP contribution in [0, 0.1) is 13.8 Å². The van der Waals surface area contributed by atoms with Crippen molar-refractivity contribution in [3.8, 4) is 0 Å². The number of amides is 2. The number of aromatic amines is 1. The third-order valence-electron chi connectivity index (χ3n) is 4.25. The molecule has 0 unspecified atom stereocenters. The molecule has 0 aromatic carbocycles. The number of piperazine rings is 1. The summed E-state index contributed by atoms with van der Waals surface area (Å²) in [5.41, 5.74) is 2.60. The van der Waals surface area contributed by atoms with Gasteiger partial charge in [0.05, 0.1) is 16.3 Å². The van der Waals surface area contributed by atoms with Gasteiger partial charge in [0.1, 0.15) is 0 Å². The van der Waals surface area contributed by atoms with Crippen molar-refractivity contribution in [3.63, 3.8) is 0 Å². The molecule has 5 nitrogen and oxygen atoms in total. The molecule has 0 atom stereocenters. The van der Waals surface area contributed by atoms with Crippen molar-refractivity contribution in [1.29, 1.82) is 0 Å². The summed E-state index contributed by atoms with van der Waals surface area (Å²) in [5.74, 6) is 0.128. The summed E-state index contributed by atoms with van der Waals surface area (Å²) in [4.78, 5) is 32.7. The minimum atomic E-state index is 0.0361. The molecular formula is C17H20ClN3O2S. The third-order valence-corrected chi connectivity index (χ3v) is 5.48. The largest absolute Gasteiger partial charge is 0.362 e. The number of hydrogen-bond donors (Lipinski definition) is 1. The number of nitrogens with one attached hydrogen (secondary N) is 1. The minimum Gasteiger partial charge on any atom is -0.362 e. The van der Waals surface area contributed by atoms with Gasteiger partial charge in [-0.1, -0.05) is 11.6 Å². The summed E-state index contributed by atoms with van der Waals surface area (Å²) in [6.07, 6.45) is 0.376.